The van der Waals surface area contributed by atoms with E-state index in [4.69, 9.17) is 9.47 Å². The number of amides is 1. The first-order valence-electron chi connectivity index (χ1n) is 10.4. The highest BCUT2D eigenvalue weighted by Gasteiger charge is 2.27. The summed E-state index contributed by atoms with van der Waals surface area (Å²) >= 11 is 2.08. The maximum atomic E-state index is 12.7. The lowest BCUT2D eigenvalue weighted by Gasteiger charge is -2.06. The molecule has 0 aliphatic carbocycles. The number of ether oxygens (including phenoxy) is 2. The van der Waals surface area contributed by atoms with Crippen molar-refractivity contribution in [3.8, 4) is 0 Å². The number of carbonyl (C=O) groups is 3. The van der Waals surface area contributed by atoms with Crippen LogP contribution in [0.15, 0.2) is 29.4 Å². The van der Waals surface area contributed by atoms with Crippen LogP contribution in [0.5, 0.6) is 0 Å². The van der Waals surface area contributed by atoms with Crippen LogP contribution in [0, 0.1) is 6.92 Å². The van der Waals surface area contributed by atoms with Gasteiger partial charge in [-0.15, -0.1) is 21.5 Å². The van der Waals surface area contributed by atoms with E-state index in [-0.39, 0.29) is 34.4 Å². The molecule has 0 saturated carbocycles. The number of aromatic amines is 1. The first-order valence-corrected chi connectivity index (χ1v) is 12.2. The number of carbonyl (C=O) groups excluding carboxylic acids is 3. The molecule has 34 heavy (non-hydrogen) atoms. The normalized spacial score (nSPS) is 11.0. The van der Waals surface area contributed by atoms with Gasteiger partial charge in [-0.3, -0.25) is 4.79 Å². The van der Waals surface area contributed by atoms with E-state index in [0.29, 0.717) is 21.9 Å². The average molecular weight is 500 g/mol. The van der Waals surface area contributed by atoms with Gasteiger partial charge in [-0.25, -0.2) is 14.6 Å². The minimum Gasteiger partial charge on any atom is -0.462 e. The fourth-order valence-electron chi connectivity index (χ4n) is 3.30. The number of thiophene rings is 1. The van der Waals surface area contributed by atoms with E-state index in [9.17, 15) is 14.4 Å². The van der Waals surface area contributed by atoms with Crippen molar-refractivity contribution in [3.05, 3.63) is 40.3 Å². The van der Waals surface area contributed by atoms with Gasteiger partial charge in [-0.2, -0.15) is 0 Å². The van der Waals surface area contributed by atoms with Crippen LogP contribution in [0.2, 0.25) is 0 Å². The summed E-state index contributed by atoms with van der Waals surface area (Å²) in [6.45, 7) is 5.34. The van der Waals surface area contributed by atoms with Crippen molar-refractivity contribution in [1.29, 1.82) is 0 Å². The zero-order chi connectivity index (χ0) is 24.2. The summed E-state index contributed by atoms with van der Waals surface area (Å²) in [5.74, 6) is -1.60. The van der Waals surface area contributed by atoms with Gasteiger partial charge in [0.1, 0.15) is 15.4 Å². The molecule has 0 spiro atoms. The summed E-state index contributed by atoms with van der Waals surface area (Å²) in [6.07, 6.45) is 0. The maximum Gasteiger partial charge on any atom is 0.348 e. The topological polar surface area (TPSA) is 136 Å². The van der Waals surface area contributed by atoms with Gasteiger partial charge in [0.25, 0.3) is 0 Å². The van der Waals surface area contributed by atoms with E-state index >= 15 is 0 Å². The van der Waals surface area contributed by atoms with Crippen LogP contribution in [0.1, 0.15) is 39.4 Å². The van der Waals surface area contributed by atoms with Crippen LogP contribution in [0.25, 0.3) is 22.1 Å². The Kier molecular flexibility index (Phi) is 7.08. The second-order valence-electron chi connectivity index (χ2n) is 7.00. The Bertz CT molecular complexity index is 1400. The molecule has 0 atom stereocenters. The molecular weight excluding hydrogens is 478 g/mol. The van der Waals surface area contributed by atoms with Crippen molar-refractivity contribution in [2.45, 2.75) is 25.9 Å². The van der Waals surface area contributed by atoms with Crippen LogP contribution >= 0.6 is 23.1 Å². The van der Waals surface area contributed by atoms with Crippen molar-refractivity contribution < 1.29 is 23.9 Å². The molecule has 0 unspecified atom stereocenters. The molecular formula is C22H21N5O5S2. The summed E-state index contributed by atoms with van der Waals surface area (Å²) in [4.78, 5) is 45.3. The van der Waals surface area contributed by atoms with E-state index in [1.54, 1.807) is 20.8 Å². The summed E-state index contributed by atoms with van der Waals surface area (Å²) in [7, 11) is 0. The summed E-state index contributed by atoms with van der Waals surface area (Å²) < 4.78 is 10.2. The third-order valence-corrected chi connectivity index (χ3v) is 6.80. The standard InChI is InChI=1S/C22H21N5O5S2/c1-4-31-20(29)15-11(3)17(21(30)32-5-2)34-19(15)24-14(28)10-33-22-25-18-16(26-27-22)12-8-6-7-9-13(12)23-18/h6-9H,4-5,10H2,1-3H3,(H,24,28)(H,23,25,27). The Morgan fingerprint density at radius 3 is 2.59 bits per heavy atom. The van der Waals surface area contributed by atoms with Crippen molar-refractivity contribution >= 4 is 68.0 Å². The zero-order valence-corrected chi connectivity index (χ0v) is 20.3. The highest BCUT2D eigenvalue weighted by Crippen LogP contribution is 2.34. The smallest absolute Gasteiger partial charge is 0.348 e. The third kappa shape index (κ3) is 4.73. The average Bonchev–Trinajstić information content (AvgIpc) is 3.34. The fraction of sp³-hybridized carbons (Fsp3) is 0.273. The van der Waals surface area contributed by atoms with Gasteiger partial charge in [0.05, 0.1) is 24.5 Å². The Morgan fingerprint density at radius 2 is 1.82 bits per heavy atom. The number of nitrogens with zero attached hydrogens (tertiary/aromatic N) is 3. The van der Waals surface area contributed by atoms with Crippen molar-refractivity contribution in [1.82, 2.24) is 20.2 Å². The van der Waals surface area contributed by atoms with Crippen LogP contribution < -0.4 is 5.32 Å². The molecule has 176 valence electrons. The number of esters is 2. The second-order valence-corrected chi connectivity index (χ2v) is 8.96. The van der Waals surface area contributed by atoms with Gasteiger partial charge in [-0.1, -0.05) is 30.0 Å². The molecule has 0 aliphatic rings. The molecule has 1 amide bonds. The number of benzene rings is 1. The van der Waals surface area contributed by atoms with Gasteiger partial charge < -0.3 is 19.8 Å². The van der Waals surface area contributed by atoms with E-state index in [1.165, 1.54) is 0 Å². The fourth-order valence-corrected chi connectivity index (χ4v) is 4.99. The lowest BCUT2D eigenvalue weighted by atomic mass is 10.1. The molecule has 0 aliphatic heterocycles. The van der Waals surface area contributed by atoms with Crippen LogP contribution in [-0.4, -0.2) is 57.0 Å². The van der Waals surface area contributed by atoms with E-state index in [2.05, 4.69) is 25.5 Å². The van der Waals surface area contributed by atoms with Crippen molar-refractivity contribution in [2.75, 3.05) is 24.3 Å². The number of para-hydroxylation sites is 1. The molecule has 0 radical (unpaired) electrons. The molecule has 4 aromatic rings. The van der Waals surface area contributed by atoms with Crippen LogP contribution in [0.3, 0.4) is 0 Å². The van der Waals surface area contributed by atoms with Crippen molar-refractivity contribution in [2.24, 2.45) is 0 Å². The summed E-state index contributed by atoms with van der Waals surface area (Å²) in [5, 5.41) is 12.5. The number of hydrogen-bond donors (Lipinski definition) is 2. The van der Waals surface area contributed by atoms with E-state index in [0.717, 1.165) is 34.0 Å². The number of anilines is 1. The summed E-state index contributed by atoms with van der Waals surface area (Å²) in [5.41, 5.74) is 2.68. The maximum absolute atomic E-state index is 12.7. The van der Waals surface area contributed by atoms with Gasteiger partial charge in [0, 0.05) is 10.9 Å². The van der Waals surface area contributed by atoms with Crippen LogP contribution in [-0.2, 0) is 14.3 Å². The number of rotatable bonds is 8. The first-order chi connectivity index (χ1) is 16.4. The molecule has 4 rings (SSSR count). The largest absolute Gasteiger partial charge is 0.462 e. The molecule has 12 heteroatoms. The lowest BCUT2D eigenvalue weighted by molar-refractivity contribution is -0.113. The van der Waals surface area contributed by atoms with E-state index in [1.807, 2.05) is 24.3 Å². The lowest BCUT2D eigenvalue weighted by Crippen LogP contribution is -2.16. The molecule has 1 aromatic carbocycles. The highest BCUT2D eigenvalue weighted by atomic mass is 32.2. The second kappa shape index (κ2) is 10.2. The van der Waals surface area contributed by atoms with Crippen molar-refractivity contribution in [3.63, 3.8) is 0 Å². The monoisotopic (exact) mass is 499 g/mol. The summed E-state index contributed by atoms with van der Waals surface area (Å²) in [6, 6.07) is 7.68. The number of thioether (sulfide) groups is 1. The predicted molar refractivity (Wildman–Crippen MR) is 130 cm³/mol. The SMILES string of the molecule is CCOC(=O)c1sc(NC(=O)CSc2nnc3c(n2)[nH]c2ccccc23)c(C(=O)OCC)c1C. The molecule has 10 nitrogen and oxygen atoms in total. The minimum absolute atomic E-state index is 0.0264. The van der Waals surface area contributed by atoms with Crippen LogP contribution in [0.4, 0.5) is 5.00 Å². The zero-order valence-electron chi connectivity index (χ0n) is 18.6. The molecule has 2 N–H and O–H groups in total. The quantitative estimate of drug-likeness (QED) is 0.273. The number of hydrogen-bond acceptors (Lipinski definition) is 10. The number of fused-ring (bicyclic) bond motifs is 3. The van der Waals surface area contributed by atoms with Gasteiger partial charge in [-0.05, 0) is 32.4 Å². The van der Waals surface area contributed by atoms with Gasteiger partial charge >= 0.3 is 11.9 Å². The molecule has 0 saturated heterocycles. The highest BCUT2D eigenvalue weighted by molar-refractivity contribution is 7.99. The first kappa shape index (κ1) is 23.6. The molecule has 0 bridgehead atoms. The van der Waals surface area contributed by atoms with E-state index < -0.39 is 17.8 Å². The van der Waals surface area contributed by atoms with Gasteiger partial charge in [0.15, 0.2) is 5.65 Å². The third-order valence-electron chi connectivity index (χ3n) is 4.78. The Labute approximate surface area is 202 Å². The number of H-pyrrole nitrogens is 1. The van der Waals surface area contributed by atoms with Gasteiger partial charge in [0.2, 0.25) is 11.1 Å². The number of nitrogens with one attached hydrogen (secondary N) is 2. The number of aromatic nitrogens is 4. The predicted octanol–water partition coefficient (Wildman–Crippen LogP) is 3.96. The molecule has 0 fully saturated rings. The Hall–Kier alpha value is -3.51. The minimum atomic E-state index is -0.619. The molecule has 3 heterocycles. The Balaban J connectivity index is 1.50. The molecule has 3 aromatic heterocycles. The Morgan fingerprint density at radius 1 is 1.09 bits per heavy atom.